The van der Waals surface area contributed by atoms with Crippen LogP contribution in [0.5, 0.6) is 0 Å². The molecule has 1 saturated carbocycles. The van der Waals surface area contributed by atoms with Gasteiger partial charge < -0.3 is 25.0 Å². The van der Waals surface area contributed by atoms with Gasteiger partial charge in [0, 0.05) is 0 Å². The van der Waals surface area contributed by atoms with E-state index in [1.54, 1.807) is 0 Å². The summed E-state index contributed by atoms with van der Waals surface area (Å²) in [5, 5.41) is 3.50. The van der Waals surface area contributed by atoms with Crippen molar-refractivity contribution in [3.05, 3.63) is 0 Å². The molecule has 1 spiro atoms. The van der Waals surface area contributed by atoms with Crippen molar-refractivity contribution in [2.24, 2.45) is 17.2 Å². The van der Waals surface area contributed by atoms with Crippen LogP contribution in [-0.4, -0.2) is 32.2 Å². The zero-order valence-corrected chi connectivity index (χ0v) is 14.6. The molecule has 8 heteroatoms. The van der Waals surface area contributed by atoms with Gasteiger partial charge >= 0.3 is 0 Å². The number of halogens is 2. The second-order valence-electron chi connectivity index (χ2n) is 6.18. The summed E-state index contributed by atoms with van der Waals surface area (Å²) in [5.74, 6) is 0. The highest BCUT2D eigenvalue weighted by Crippen LogP contribution is 2.63. The Kier molecular flexibility index (Phi) is 2.76. The summed E-state index contributed by atoms with van der Waals surface area (Å²) in [7, 11) is 0. The molecule has 7 N–H and O–H groups in total. The molecule has 18 heavy (non-hydrogen) atoms. The smallest absolute Gasteiger partial charge is 0.183 e. The third-order valence-corrected chi connectivity index (χ3v) is 7.21. The largest absolute Gasteiger partial charge is 0.346 e. The van der Waals surface area contributed by atoms with Crippen LogP contribution < -0.4 is 22.5 Å². The SMILES string of the molecule is CC(C)(OI)C12NC3(CC3)C(O1)[C@@](N)(I)C2(N)N. The van der Waals surface area contributed by atoms with Gasteiger partial charge in [-0.1, -0.05) is 22.6 Å². The van der Waals surface area contributed by atoms with Crippen LogP contribution in [-0.2, 0) is 7.80 Å². The number of hydrogen-bond donors (Lipinski definition) is 4. The van der Waals surface area contributed by atoms with E-state index in [1.807, 2.05) is 36.9 Å². The molecule has 2 unspecified atom stereocenters. The van der Waals surface area contributed by atoms with E-state index in [1.165, 1.54) is 0 Å². The van der Waals surface area contributed by atoms with E-state index in [4.69, 9.17) is 25.0 Å². The lowest BCUT2D eigenvalue weighted by molar-refractivity contribution is -0.140. The molecule has 3 atom stereocenters. The molecule has 0 radical (unpaired) electrons. The van der Waals surface area contributed by atoms with E-state index >= 15 is 0 Å². The third-order valence-electron chi connectivity index (χ3n) is 4.65. The van der Waals surface area contributed by atoms with Crippen molar-refractivity contribution >= 4 is 45.6 Å². The highest BCUT2D eigenvalue weighted by Gasteiger charge is 2.85. The van der Waals surface area contributed by atoms with Crippen molar-refractivity contribution in [3.8, 4) is 0 Å². The van der Waals surface area contributed by atoms with Crippen LogP contribution in [0.3, 0.4) is 0 Å². The van der Waals surface area contributed by atoms with Crippen molar-refractivity contribution in [1.29, 1.82) is 0 Å². The van der Waals surface area contributed by atoms with Gasteiger partial charge in [0.1, 0.15) is 43.9 Å². The summed E-state index contributed by atoms with van der Waals surface area (Å²) in [6, 6.07) is 0. The van der Waals surface area contributed by atoms with Gasteiger partial charge in [-0.3, -0.25) is 5.32 Å². The molecule has 0 aromatic carbocycles. The summed E-state index contributed by atoms with van der Waals surface area (Å²) in [6.07, 6.45) is 1.88. The minimum atomic E-state index is -1.21. The standard InChI is InChI=1S/C10H18I2N4O2/c1-6(2,18-12)10-9(14,15)8(11,13)5(17-10)7(16-10)3-4-7/h5,16H,3-4,13-15H2,1-2H3/t5?,8-,10?/m0/s1. The first-order valence-corrected chi connectivity index (χ1v) is 7.85. The predicted molar refractivity (Wildman–Crippen MR) is 83.9 cm³/mol. The summed E-state index contributed by atoms with van der Waals surface area (Å²) in [6.45, 7) is 3.83. The van der Waals surface area contributed by atoms with Gasteiger partial charge in [-0.15, -0.1) is 0 Å². The Morgan fingerprint density at radius 2 is 1.89 bits per heavy atom. The molecule has 3 rings (SSSR count). The maximum absolute atomic E-state index is 6.41. The Labute approximate surface area is 134 Å². The molecular weight excluding hydrogens is 462 g/mol. The quantitative estimate of drug-likeness (QED) is 0.193. The van der Waals surface area contributed by atoms with E-state index in [9.17, 15) is 0 Å². The average Bonchev–Trinajstić information content (AvgIpc) is 2.85. The number of nitrogens with two attached hydrogens (primary N) is 3. The monoisotopic (exact) mass is 480 g/mol. The minimum Gasteiger partial charge on any atom is -0.346 e. The Bertz CT molecular complexity index is 411. The highest BCUT2D eigenvalue weighted by atomic mass is 127. The molecule has 0 amide bonds. The van der Waals surface area contributed by atoms with Gasteiger partial charge in [0.05, 0.1) is 5.54 Å². The highest BCUT2D eigenvalue weighted by molar-refractivity contribution is 14.1. The van der Waals surface area contributed by atoms with E-state index in [-0.39, 0.29) is 11.6 Å². The van der Waals surface area contributed by atoms with E-state index in [0.717, 1.165) is 12.8 Å². The van der Waals surface area contributed by atoms with Crippen molar-refractivity contribution in [1.82, 2.24) is 5.32 Å². The summed E-state index contributed by atoms with van der Waals surface area (Å²) < 4.78 is 10.9. The van der Waals surface area contributed by atoms with Gasteiger partial charge in [0.25, 0.3) is 0 Å². The first kappa shape index (κ1) is 14.2. The van der Waals surface area contributed by atoms with Crippen molar-refractivity contribution in [3.63, 3.8) is 0 Å². The number of nitrogens with one attached hydrogen (secondary N) is 1. The van der Waals surface area contributed by atoms with Crippen LogP contribution in [0.25, 0.3) is 0 Å². The molecule has 104 valence electrons. The van der Waals surface area contributed by atoms with Gasteiger partial charge in [-0.25, -0.2) is 0 Å². The summed E-state index contributed by atoms with van der Waals surface area (Å²) in [5.41, 5.74) is 16.2. The average molecular weight is 480 g/mol. The number of ether oxygens (including phenoxy) is 1. The molecule has 2 aliphatic heterocycles. The van der Waals surface area contributed by atoms with Gasteiger partial charge in [-0.2, -0.15) is 0 Å². The number of piperidine rings is 1. The Morgan fingerprint density at radius 1 is 1.33 bits per heavy atom. The zero-order valence-electron chi connectivity index (χ0n) is 10.3. The maximum Gasteiger partial charge on any atom is 0.183 e. The Morgan fingerprint density at radius 3 is 2.33 bits per heavy atom. The first-order valence-electron chi connectivity index (χ1n) is 5.89. The first-order chi connectivity index (χ1) is 8.06. The molecule has 2 heterocycles. The Balaban J connectivity index is 2.15. The molecule has 0 aromatic heterocycles. The normalized spacial score (nSPS) is 47.8. The molecule has 0 aromatic rings. The second kappa shape index (κ2) is 3.51. The van der Waals surface area contributed by atoms with Crippen molar-refractivity contribution < 1.29 is 7.80 Å². The lowest BCUT2D eigenvalue weighted by Crippen LogP contribution is -2.88. The fraction of sp³-hybridized carbons (Fsp3) is 1.00. The third kappa shape index (κ3) is 1.29. The number of alkyl halides is 1. The fourth-order valence-electron chi connectivity index (χ4n) is 3.28. The maximum atomic E-state index is 6.41. The van der Waals surface area contributed by atoms with Gasteiger partial charge in [0.2, 0.25) is 0 Å². The summed E-state index contributed by atoms with van der Waals surface area (Å²) in [4.78, 5) is 0. The van der Waals surface area contributed by atoms with Crippen LogP contribution >= 0.6 is 45.6 Å². The molecule has 3 aliphatic rings. The van der Waals surface area contributed by atoms with Crippen molar-refractivity contribution in [2.75, 3.05) is 0 Å². The van der Waals surface area contributed by atoms with Crippen LogP contribution in [0.2, 0.25) is 0 Å². The fourth-order valence-corrected chi connectivity index (χ4v) is 4.69. The van der Waals surface area contributed by atoms with Crippen LogP contribution in [0, 0.1) is 0 Å². The molecule has 6 nitrogen and oxygen atoms in total. The molecule has 2 bridgehead atoms. The molecule has 3 fully saturated rings. The second-order valence-corrected chi connectivity index (χ2v) is 8.41. The lowest BCUT2D eigenvalue weighted by atomic mass is 9.76. The molecule has 2 saturated heterocycles. The molecular formula is C10H18I2N4O2. The molecule has 1 aliphatic carbocycles. The van der Waals surface area contributed by atoms with Gasteiger partial charge in [-0.05, 0) is 26.7 Å². The number of fused-ring (bicyclic) bond motifs is 3. The van der Waals surface area contributed by atoms with E-state index < -0.39 is 20.5 Å². The topological polar surface area (TPSA) is 109 Å². The summed E-state index contributed by atoms with van der Waals surface area (Å²) >= 11 is 4.00. The Hall–Kier alpha value is 1.22. The lowest BCUT2D eigenvalue weighted by Gasteiger charge is -2.53. The van der Waals surface area contributed by atoms with E-state index in [0.29, 0.717) is 0 Å². The number of rotatable bonds is 2. The van der Waals surface area contributed by atoms with Gasteiger partial charge in [0.15, 0.2) is 5.72 Å². The zero-order chi connectivity index (χ0) is 13.6. The number of hydrogen-bond acceptors (Lipinski definition) is 6. The van der Waals surface area contributed by atoms with E-state index in [2.05, 4.69) is 27.9 Å². The minimum absolute atomic E-state index is 0.0788. The van der Waals surface area contributed by atoms with Crippen LogP contribution in [0.4, 0.5) is 0 Å². The van der Waals surface area contributed by atoms with Crippen LogP contribution in [0.15, 0.2) is 0 Å². The predicted octanol–water partition coefficient (Wildman–Crippen LogP) is 0.0662. The van der Waals surface area contributed by atoms with Crippen LogP contribution in [0.1, 0.15) is 26.7 Å². The van der Waals surface area contributed by atoms with Crippen molar-refractivity contribution in [2.45, 2.75) is 58.9 Å².